The van der Waals surface area contributed by atoms with E-state index in [1.165, 1.54) is 18.4 Å². The highest BCUT2D eigenvalue weighted by molar-refractivity contribution is 8.91. The Kier molecular flexibility index (Phi) is 7.68. The van der Waals surface area contributed by atoms with Crippen LogP contribution in [0.25, 0.3) is 0 Å². The normalized spacial score (nSPS) is 18.1. The van der Waals surface area contributed by atoms with E-state index in [2.05, 4.69) is 33.8 Å². The Bertz CT molecular complexity index is 388. The van der Waals surface area contributed by atoms with Crippen LogP contribution in [0.3, 0.4) is 0 Å². The molecule has 1 nitrogen and oxygen atoms in total. The van der Waals surface area contributed by atoms with Crippen molar-refractivity contribution in [2.24, 2.45) is 0 Å². The lowest BCUT2D eigenvalue weighted by atomic mass is 10.00. The SMILES string of the molecule is CC(C)SP(=O)(C=C(Cl)C1=CCCCC1)SC(C)C. The maximum atomic E-state index is 13.0. The molecule has 0 aliphatic heterocycles. The standard InChI is InChI=1S/C14H24ClOPS2/c1-11(2)18-17(16,19-12(3)4)10-14(15)13-8-6-5-7-9-13/h8,10-12H,5-7,9H2,1-4H3. The average Bonchev–Trinajstić information content (AvgIpc) is 2.27. The molecule has 0 N–H and O–H groups in total. The van der Waals surface area contributed by atoms with Crippen LogP contribution in [0.4, 0.5) is 0 Å². The minimum atomic E-state index is -2.46. The molecule has 1 aliphatic rings. The molecule has 0 atom stereocenters. The number of hydrogen-bond acceptors (Lipinski definition) is 3. The predicted octanol–water partition coefficient (Wildman–Crippen LogP) is 7.04. The summed E-state index contributed by atoms with van der Waals surface area (Å²) in [6, 6.07) is 0. The lowest BCUT2D eigenvalue weighted by Gasteiger charge is -2.19. The van der Waals surface area contributed by atoms with Crippen LogP contribution in [-0.2, 0) is 4.57 Å². The van der Waals surface area contributed by atoms with Crippen LogP contribution < -0.4 is 0 Å². The third kappa shape index (κ3) is 6.80. The fraction of sp³-hybridized carbons (Fsp3) is 0.714. The summed E-state index contributed by atoms with van der Waals surface area (Å²) in [7, 11) is 0. The van der Waals surface area contributed by atoms with E-state index >= 15 is 0 Å². The maximum absolute atomic E-state index is 13.0. The van der Waals surface area contributed by atoms with E-state index in [9.17, 15) is 4.57 Å². The highest BCUT2D eigenvalue weighted by Gasteiger charge is 2.25. The number of hydrogen-bond donors (Lipinski definition) is 0. The molecule has 1 aliphatic carbocycles. The summed E-state index contributed by atoms with van der Waals surface area (Å²) in [6.07, 6.45) is 6.75. The molecule has 0 aromatic carbocycles. The van der Waals surface area contributed by atoms with Crippen molar-refractivity contribution in [3.63, 3.8) is 0 Å². The van der Waals surface area contributed by atoms with E-state index in [0.717, 1.165) is 12.8 Å². The Morgan fingerprint density at radius 1 is 1.26 bits per heavy atom. The molecule has 0 fully saturated rings. The van der Waals surface area contributed by atoms with E-state index in [0.29, 0.717) is 15.5 Å². The largest absolute Gasteiger partial charge is 0.296 e. The molecule has 110 valence electrons. The van der Waals surface area contributed by atoms with E-state index in [4.69, 9.17) is 11.6 Å². The molecular weight excluding hydrogens is 315 g/mol. The van der Waals surface area contributed by atoms with Crippen molar-refractivity contribution < 1.29 is 4.57 Å². The first-order valence-corrected chi connectivity index (χ1v) is 12.0. The Morgan fingerprint density at radius 3 is 2.26 bits per heavy atom. The van der Waals surface area contributed by atoms with Crippen molar-refractivity contribution in [3.8, 4) is 0 Å². The molecule has 0 bridgehead atoms. The molecule has 0 amide bonds. The van der Waals surface area contributed by atoms with Gasteiger partial charge in [-0.15, -0.1) is 0 Å². The second kappa shape index (κ2) is 8.22. The molecule has 5 heteroatoms. The quantitative estimate of drug-likeness (QED) is 0.483. The second-order valence-electron chi connectivity index (χ2n) is 5.30. The molecule has 19 heavy (non-hydrogen) atoms. The molecule has 0 aromatic rings. The molecule has 0 unspecified atom stereocenters. The van der Waals surface area contributed by atoms with Gasteiger partial charge in [0, 0.05) is 21.3 Å². The Morgan fingerprint density at radius 2 is 1.84 bits per heavy atom. The summed E-state index contributed by atoms with van der Waals surface area (Å²) in [4.78, 5) is 0. The van der Waals surface area contributed by atoms with Gasteiger partial charge in [0.15, 0.2) is 0 Å². The van der Waals surface area contributed by atoms with Gasteiger partial charge in [0.25, 0.3) is 0 Å². The smallest absolute Gasteiger partial charge is 0.214 e. The van der Waals surface area contributed by atoms with Crippen LogP contribution in [0, 0.1) is 0 Å². The zero-order valence-corrected chi connectivity index (χ0v) is 15.5. The summed E-state index contributed by atoms with van der Waals surface area (Å²) in [5.74, 6) is 1.83. The summed E-state index contributed by atoms with van der Waals surface area (Å²) in [5.41, 5.74) is -1.27. The minimum Gasteiger partial charge on any atom is -0.296 e. The molecule has 0 saturated carbocycles. The molecule has 1 rings (SSSR count). The zero-order chi connectivity index (χ0) is 14.5. The zero-order valence-electron chi connectivity index (χ0n) is 12.2. The van der Waals surface area contributed by atoms with Crippen molar-refractivity contribution in [1.82, 2.24) is 0 Å². The topological polar surface area (TPSA) is 17.1 Å². The van der Waals surface area contributed by atoms with Crippen molar-refractivity contribution in [1.29, 1.82) is 0 Å². The van der Waals surface area contributed by atoms with Crippen LogP contribution in [0.5, 0.6) is 0 Å². The molecule has 0 spiro atoms. The summed E-state index contributed by atoms with van der Waals surface area (Å²) < 4.78 is 13.0. The highest BCUT2D eigenvalue weighted by atomic mass is 35.5. The van der Waals surface area contributed by atoms with Crippen molar-refractivity contribution >= 4 is 39.9 Å². The minimum absolute atomic E-state index is 0.345. The molecule has 0 saturated heterocycles. The number of allylic oxidation sites excluding steroid dienone is 3. The van der Waals surface area contributed by atoms with E-state index in [1.54, 1.807) is 22.8 Å². The van der Waals surface area contributed by atoms with Crippen LogP contribution in [0.1, 0.15) is 53.4 Å². The predicted molar refractivity (Wildman–Crippen MR) is 93.5 cm³/mol. The third-order valence-corrected chi connectivity index (χ3v) is 11.6. The Balaban J connectivity index is 2.91. The van der Waals surface area contributed by atoms with Gasteiger partial charge in [-0.25, -0.2) is 0 Å². The Labute approximate surface area is 130 Å². The fourth-order valence-corrected chi connectivity index (χ4v) is 12.9. The first-order chi connectivity index (χ1) is 8.82. The van der Waals surface area contributed by atoms with Gasteiger partial charge >= 0.3 is 0 Å². The lowest BCUT2D eigenvalue weighted by molar-refractivity contribution is 0.598. The van der Waals surface area contributed by atoms with E-state index < -0.39 is 5.55 Å². The van der Waals surface area contributed by atoms with Crippen LogP contribution in [0.15, 0.2) is 22.5 Å². The monoisotopic (exact) mass is 338 g/mol. The van der Waals surface area contributed by atoms with Gasteiger partial charge in [-0.05, 0) is 31.3 Å². The third-order valence-electron chi connectivity index (χ3n) is 2.58. The lowest BCUT2D eigenvalue weighted by Crippen LogP contribution is -1.93. The van der Waals surface area contributed by atoms with Crippen molar-refractivity contribution in [2.75, 3.05) is 0 Å². The molecule has 0 heterocycles. The summed E-state index contributed by atoms with van der Waals surface area (Å²) >= 11 is 9.51. The summed E-state index contributed by atoms with van der Waals surface area (Å²) in [6.45, 7) is 8.33. The van der Waals surface area contributed by atoms with Gasteiger partial charge in [-0.3, -0.25) is 4.57 Å². The number of rotatable bonds is 6. The van der Waals surface area contributed by atoms with Crippen molar-refractivity contribution in [3.05, 3.63) is 22.5 Å². The number of halogens is 1. The summed E-state index contributed by atoms with van der Waals surface area (Å²) in [5, 5.41) is 1.40. The first-order valence-electron chi connectivity index (χ1n) is 6.86. The van der Waals surface area contributed by atoms with Crippen LogP contribution >= 0.6 is 39.9 Å². The van der Waals surface area contributed by atoms with Crippen LogP contribution in [-0.4, -0.2) is 10.5 Å². The van der Waals surface area contributed by atoms with Gasteiger partial charge in [-0.1, -0.05) is 68.1 Å². The second-order valence-corrected chi connectivity index (χ2v) is 14.6. The first kappa shape index (κ1) is 17.8. The van der Waals surface area contributed by atoms with E-state index in [1.807, 2.05) is 5.82 Å². The van der Waals surface area contributed by atoms with Gasteiger partial charge in [-0.2, -0.15) is 0 Å². The van der Waals surface area contributed by atoms with Crippen molar-refractivity contribution in [2.45, 2.75) is 63.9 Å². The van der Waals surface area contributed by atoms with Gasteiger partial charge < -0.3 is 0 Å². The molecule has 0 radical (unpaired) electrons. The average molecular weight is 339 g/mol. The van der Waals surface area contributed by atoms with Crippen LogP contribution in [0.2, 0.25) is 0 Å². The molecule has 0 aromatic heterocycles. The Hall–Kier alpha value is 0.700. The van der Waals surface area contributed by atoms with E-state index in [-0.39, 0.29) is 0 Å². The highest BCUT2D eigenvalue weighted by Crippen LogP contribution is 2.73. The molecular formula is C14H24ClOPS2. The maximum Gasteiger partial charge on any atom is 0.214 e. The van der Waals surface area contributed by atoms with Gasteiger partial charge in [0.1, 0.15) is 0 Å². The van der Waals surface area contributed by atoms with Gasteiger partial charge in [0.05, 0.1) is 0 Å². The fourth-order valence-electron chi connectivity index (χ4n) is 1.95. The van der Waals surface area contributed by atoms with Gasteiger partial charge in [0.2, 0.25) is 5.55 Å².